The van der Waals surface area contributed by atoms with Gasteiger partial charge in [0.2, 0.25) is 16.0 Å². The summed E-state index contributed by atoms with van der Waals surface area (Å²) < 4.78 is 39.3. The molecule has 3 heterocycles. The lowest BCUT2D eigenvalue weighted by Gasteiger charge is -2.40. The Morgan fingerprint density at radius 2 is 1.91 bits per heavy atom. The van der Waals surface area contributed by atoms with E-state index in [2.05, 4.69) is 40.2 Å². The van der Waals surface area contributed by atoms with Crippen molar-refractivity contribution in [3.63, 3.8) is 0 Å². The van der Waals surface area contributed by atoms with E-state index in [-0.39, 0.29) is 23.5 Å². The number of hydrogen-bond donors (Lipinski definition) is 3. The van der Waals surface area contributed by atoms with Crippen LogP contribution in [0.15, 0.2) is 48.9 Å². The first-order valence-electron chi connectivity index (χ1n) is 11.0. The molecule has 3 aromatic rings. The van der Waals surface area contributed by atoms with Gasteiger partial charge in [-0.05, 0) is 31.5 Å². The summed E-state index contributed by atoms with van der Waals surface area (Å²) in [6.45, 7) is 5.29. The second kappa shape index (κ2) is 10.3. The summed E-state index contributed by atoms with van der Waals surface area (Å²) in [6.07, 6.45) is 4.76. The van der Waals surface area contributed by atoms with Crippen molar-refractivity contribution < 1.29 is 12.8 Å². The maximum Gasteiger partial charge on any atom is 0.227 e. The highest BCUT2D eigenvalue weighted by atomic mass is 32.2. The number of halogens is 1. The van der Waals surface area contributed by atoms with Crippen molar-refractivity contribution in [3.05, 3.63) is 60.3 Å². The summed E-state index contributed by atoms with van der Waals surface area (Å²) in [5, 5.41) is 6.41. The van der Waals surface area contributed by atoms with Crippen molar-refractivity contribution in [3.8, 4) is 0 Å². The molecule has 0 bridgehead atoms. The van der Waals surface area contributed by atoms with Crippen LogP contribution in [0.3, 0.4) is 0 Å². The first-order valence-corrected chi connectivity index (χ1v) is 12.6. The lowest BCUT2D eigenvalue weighted by Crippen LogP contribution is -2.52. The standard InChI is InChI=1S/C22H27FN8O2S/c1-3-34(32,33)26-11-16-13-31(14-16)21-10-19(28-20-12-24-8-9-25-20)29-22(30-21)27-15(2)17-4-6-18(23)7-5-17/h4-10,12,15-16,26H,3,11,13-14H2,1-2H3,(H2,25,27,28,29,30)/t15-/m0/s1. The summed E-state index contributed by atoms with van der Waals surface area (Å²) in [5.41, 5.74) is 0.895. The molecular formula is C22H27FN8O2S. The largest absolute Gasteiger partial charge is 0.356 e. The number of aromatic nitrogens is 4. The summed E-state index contributed by atoms with van der Waals surface area (Å²) in [4.78, 5) is 19.6. The van der Waals surface area contributed by atoms with Gasteiger partial charge in [0.15, 0.2) is 0 Å². The van der Waals surface area contributed by atoms with E-state index in [4.69, 9.17) is 0 Å². The molecule has 1 aliphatic heterocycles. The molecule has 4 rings (SSSR count). The van der Waals surface area contributed by atoms with E-state index in [9.17, 15) is 12.8 Å². The topological polar surface area (TPSA) is 125 Å². The van der Waals surface area contributed by atoms with E-state index in [0.717, 1.165) is 5.56 Å². The van der Waals surface area contributed by atoms with Crippen LogP contribution < -0.4 is 20.3 Å². The van der Waals surface area contributed by atoms with E-state index in [1.165, 1.54) is 12.1 Å². The molecule has 0 unspecified atom stereocenters. The molecule has 12 heteroatoms. The molecule has 0 spiro atoms. The van der Waals surface area contributed by atoms with Gasteiger partial charge in [-0.25, -0.2) is 22.5 Å². The second-order valence-electron chi connectivity index (χ2n) is 8.09. The van der Waals surface area contributed by atoms with E-state index in [1.54, 1.807) is 37.6 Å². The van der Waals surface area contributed by atoms with Gasteiger partial charge in [-0.15, -0.1) is 0 Å². The van der Waals surface area contributed by atoms with Crippen LogP contribution in [0.25, 0.3) is 0 Å². The van der Waals surface area contributed by atoms with Gasteiger partial charge in [0.25, 0.3) is 0 Å². The minimum Gasteiger partial charge on any atom is -0.356 e. The maximum atomic E-state index is 13.3. The van der Waals surface area contributed by atoms with Crippen LogP contribution in [0.4, 0.5) is 27.8 Å². The highest BCUT2D eigenvalue weighted by molar-refractivity contribution is 7.89. The Bertz CT molecular complexity index is 1210. The molecule has 180 valence electrons. The van der Waals surface area contributed by atoms with Gasteiger partial charge >= 0.3 is 0 Å². The third-order valence-electron chi connectivity index (χ3n) is 5.50. The minimum absolute atomic E-state index is 0.0635. The average molecular weight is 487 g/mol. The van der Waals surface area contributed by atoms with E-state index < -0.39 is 10.0 Å². The van der Waals surface area contributed by atoms with E-state index >= 15 is 0 Å². The van der Waals surface area contributed by atoms with E-state index in [0.29, 0.717) is 43.0 Å². The zero-order valence-electron chi connectivity index (χ0n) is 18.9. The lowest BCUT2D eigenvalue weighted by atomic mass is 10.0. The number of benzene rings is 1. The zero-order valence-corrected chi connectivity index (χ0v) is 19.8. The molecule has 0 aliphatic carbocycles. The quantitative estimate of drug-likeness (QED) is 0.397. The van der Waals surface area contributed by atoms with Gasteiger partial charge in [0.05, 0.1) is 18.0 Å². The molecule has 1 atom stereocenters. The number of rotatable bonds is 10. The molecular weight excluding hydrogens is 459 g/mol. The average Bonchev–Trinajstić information content (AvgIpc) is 2.79. The van der Waals surface area contributed by atoms with Gasteiger partial charge in [0.1, 0.15) is 23.3 Å². The number of sulfonamides is 1. The van der Waals surface area contributed by atoms with Crippen LogP contribution in [0, 0.1) is 11.7 Å². The van der Waals surface area contributed by atoms with Crippen LogP contribution in [0.2, 0.25) is 0 Å². The lowest BCUT2D eigenvalue weighted by molar-refractivity contribution is 0.403. The zero-order chi connectivity index (χ0) is 24.1. The molecule has 0 saturated carbocycles. The molecule has 1 saturated heterocycles. The van der Waals surface area contributed by atoms with Gasteiger partial charge in [-0.1, -0.05) is 12.1 Å². The van der Waals surface area contributed by atoms with Crippen molar-refractivity contribution >= 4 is 33.4 Å². The van der Waals surface area contributed by atoms with Gasteiger partial charge in [0, 0.05) is 44.0 Å². The van der Waals surface area contributed by atoms with Crippen LogP contribution in [-0.4, -0.2) is 53.7 Å². The summed E-state index contributed by atoms with van der Waals surface area (Å²) >= 11 is 0. The Hall–Kier alpha value is -3.38. The Labute approximate surface area is 198 Å². The Morgan fingerprint density at radius 1 is 1.15 bits per heavy atom. The van der Waals surface area contributed by atoms with Gasteiger partial charge in [-0.3, -0.25) is 4.98 Å². The molecule has 10 nitrogen and oxygen atoms in total. The molecule has 34 heavy (non-hydrogen) atoms. The molecule has 1 fully saturated rings. The third kappa shape index (κ3) is 6.14. The highest BCUT2D eigenvalue weighted by Crippen LogP contribution is 2.28. The van der Waals surface area contributed by atoms with Crippen LogP contribution in [0.1, 0.15) is 25.5 Å². The Balaban J connectivity index is 1.50. The molecule has 1 aromatic carbocycles. The van der Waals surface area contributed by atoms with Gasteiger partial charge in [-0.2, -0.15) is 9.97 Å². The van der Waals surface area contributed by atoms with Gasteiger partial charge < -0.3 is 15.5 Å². The van der Waals surface area contributed by atoms with Crippen LogP contribution in [0.5, 0.6) is 0 Å². The van der Waals surface area contributed by atoms with Crippen molar-refractivity contribution in [2.24, 2.45) is 5.92 Å². The monoisotopic (exact) mass is 486 g/mol. The summed E-state index contributed by atoms with van der Waals surface area (Å²) in [5.74, 6) is 2.14. The van der Waals surface area contributed by atoms with Crippen molar-refractivity contribution in [1.82, 2.24) is 24.7 Å². The Morgan fingerprint density at radius 3 is 2.59 bits per heavy atom. The van der Waals surface area contributed by atoms with Crippen molar-refractivity contribution in [1.29, 1.82) is 0 Å². The van der Waals surface area contributed by atoms with Crippen molar-refractivity contribution in [2.45, 2.75) is 19.9 Å². The number of hydrogen-bond acceptors (Lipinski definition) is 9. The van der Waals surface area contributed by atoms with Crippen LogP contribution in [-0.2, 0) is 10.0 Å². The fraction of sp³-hybridized carbons (Fsp3) is 0.364. The Kier molecular flexibility index (Phi) is 7.17. The van der Waals surface area contributed by atoms with Crippen molar-refractivity contribution in [2.75, 3.05) is 40.9 Å². The normalized spacial score (nSPS) is 15.0. The molecule has 2 aromatic heterocycles. The molecule has 0 radical (unpaired) electrons. The number of nitrogens with zero attached hydrogens (tertiary/aromatic N) is 5. The SMILES string of the molecule is CCS(=O)(=O)NCC1CN(c2cc(Nc3cnccn3)nc(N[C@@H](C)c3ccc(F)cc3)n2)C1. The smallest absolute Gasteiger partial charge is 0.227 e. The summed E-state index contributed by atoms with van der Waals surface area (Å²) in [7, 11) is -3.21. The van der Waals surface area contributed by atoms with Crippen LogP contribution >= 0.6 is 0 Å². The molecule has 1 aliphatic rings. The third-order valence-corrected chi connectivity index (χ3v) is 6.87. The predicted molar refractivity (Wildman–Crippen MR) is 129 cm³/mol. The maximum absolute atomic E-state index is 13.3. The molecule has 0 amide bonds. The first-order chi connectivity index (χ1) is 16.3. The second-order valence-corrected chi connectivity index (χ2v) is 10.2. The highest BCUT2D eigenvalue weighted by Gasteiger charge is 2.29. The number of anilines is 4. The minimum atomic E-state index is -3.21. The molecule has 3 N–H and O–H groups in total. The fourth-order valence-corrected chi connectivity index (χ4v) is 4.17. The predicted octanol–water partition coefficient (Wildman–Crippen LogP) is 2.70. The first kappa shape index (κ1) is 23.8. The number of nitrogens with one attached hydrogen (secondary N) is 3. The summed E-state index contributed by atoms with van der Waals surface area (Å²) in [6, 6.07) is 7.92. The fourth-order valence-electron chi connectivity index (χ4n) is 3.48. The van der Waals surface area contributed by atoms with E-state index in [1.807, 2.05) is 13.0 Å².